The average molecular weight is 459 g/mol. The number of amides is 2. The summed E-state index contributed by atoms with van der Waals surface area (Å²) in [6.07, 6.45) is 1.80. The summed E-state index contributed by atoms with van der Waals surface area (Å²) >= 11 is 4.86. The molecule has 0 fully saturated rings. The van der Waals surface area contributed by atoms with Crippen LogP contribution >= 0.6 is 27.3 Å². The molecule has 0 aliphatic carbocycles. The molecule has 8 heteroatoms. The summed E-state index contributed by atoms with van der Waals surface area (Å²) in [5.74, 6) is 0.323. The minimum Gasteiger partial charge on any atom is -0.326 e. The predicted octanol–water partition coefficient (Wildman–Crippen LogP) is 4.86. The van der Waals surface area contributed by atoms with Gasteiger partial charge in [-0.05, 0) is 46.3 Å². The van der Waals surface area contributed by atoms with Gasteiger partial charge in [-0.3, -0.25) is 9.59 Å². The van der Waals surface area contributed by atoms with Gasteiger partial charge >= 0.3 is 0 Å². The molecule has 0 saturated carbocycles. The second-order valence-corrected chi connectivity index (χ2v) is 8.26. The van der Waals surface area contributed by atoms with E-state index in [4.69, 9.17) is 0 Å². The summed E-state index contributed by atoms with van der Waals surface area (Å²) in [6.45, 7) is 4.14. The highest BCUT2D eigenvalue weighted by Gasteiger charge is 2.12. The van der Waals surface area contributed by atoms with Crippen LogP contribution in [0.15, 0.2) is 52.4 Å². The number of rotatable bonds is 6. The van der Waals surface area contributed by atoms with Crippen molar-refractivity contribution in [2.45, 2.75) is 26.2 Å². The van der Waals surface area contributed by atoms with Crippen LogP contribution in [-0.4, -0.2) is 21.8 Å². The molecule has 1 aromatic carbocycles. The maximum absolute atomic E-state index is 12.4. The number of pyridine rings is 1. The summed E-state index contributed by atoms with van der Waals surface area (Å²) < 4.78 is 0.829. The van der Waals surface area contributed by atoms with Gasteiger partial charge in [-0.1, -0.05) is 19.9 Å². The molecule has 28 heavy (non-hydrogen) atoms. The molecule has 0 atom stereocenters. The van der Waals surface area contributed by atoms with Gasteiger partial charge in [-0.15, -0.1) is 11.3 Å². The lowest BCUT2D eigenvalue weighted by Crippen LogP contribution is -2.16. The van der Waals surface area contributed by atoms with Gasteiger partial charge in [0.25, 0.3) is 5.91 Å². The van der Waals surface area contributed by atoms with Crippen molar-refractivity contribution in [1.29, 1.82) is 0 Å². The molecule has 2 heterocycles. The van der Waals surface area contributed by atoms with Gasteiger partial charge in [0.2, 0.25) is 5.91 Å². The van der Waals surface area contributed by atoms with Crippen LogP contribution in [0.1, 0.15) is 40.8 Å². The fraction of sp³-hybridized carbons (Fsp3) is 0.200. The molecule has 2 N–H and O–H groups in total. The molecular weight excluding hydrogens is 440 g/mol. The van der Waals surface area contributed by atoms with Gasteiger partial charge in [-0.25, -0.2) is 9.97 Å². The standard InChI is InChI=1S/C20H19BrN4O2S/c1-12(2)20-24-16(11-28-20)9-18(26)23-15-5-3-4-13(8-15)19(27)25-17-7-6-14(21)10-22-17/h3-8,10-12H,9H2,1-2H3,(H,23,26)(H,22,25,27). The third-order valence-electron chi connectivity index (χ3n) is 3.78. The topological polar surface area (TPSA) is 84.0 Å². The van der Waals surface area contributed by atoms with Gasteiger partial charge in [0.05, 0.1) is 17.1 Å². The molecule has 2 aromatic heterocycles. The molecule has 3 rings (SSSR count). The molecule has 6 nitrogen and oxygen atoms in total. The Bertz CT molecular complexity index is 986. The zero-order valence-electron chi connectivity index (χ0n) is 15.4. The van der Waals surface area contributed by atoms with E-state index >= 15 is 0 Å². The zero-order valence-corrected chi connectivity index (χ0v) is 17.8. The van der Waals surface area contributed by atoms with Gasteiger partial charge in [0.15, 0.2) is 0 Å². The van der Waals surface area contributed by atoms with E-state index in [1.165, 1.54) is 0 Å². The van der Waals surface area contributed by atoms with Crippen molar-refractivity contribution in [2.24, 2.45) is 0 Å². The minimum absolute atomic E-state index is 0.173. The van der Waals surface area contributed by atoms with E-state index in [-0.39, 0.29) is 18.2 Å². The van der Waals surface area contributed by atoms with Gasteiger partial charge < -0.3 is 10.6 Å². The number of anilines is 2. The van der Waals surface area contributed by atoms with Crippen LogP contribution in [0.3, 0.4) is 0 Å². The Morgan fingerprint density at radius 1 is 1.18 bits per heavy atom. The number of carbonyl (C=O) groups is 2. The van der Waals surface area contributed by atoms with Crippen molar-refractivity contribution in [3.05, 3.63) is 68.7 Å². The van der Waals surface area contributed by atoms with Crippen LogP contribution in [0.25, 0.3) is 0 Å². The van der Waals surface area contributed by atoms with Crippen LogP contribution in [0.2, 0.25) is 0 Å². The molecular formula is C20H19BrN4O2S. The highest BCUT2D eigenvalue weighted by atomic mass is 79.9. The summed E-state index contributed by atoms with van der Waals surface area (Å²) in [7, 11) is 0. The van der Waals surface area contributed by atoms with Crippen LogP contribution in [0.4, 0.5) is 11.5 Å². The zero-order chi connectivity index (χ0) is 20.1. The first-order chi connectivity index (χ1) is 13.4. The molecule has 2 amide bonds. The molecule has 0 aliphatic rings. The Kier molecular flexibility index (Phi) is 6.53. The number of aromatic nitrogens is 2. The third-order valence-corrected chi connectivity index (χ3v) is 5.45. The summed E-state index contributed by atoms with van der Waals surface area (Å²) in [5, 5.41) is 8.47. The molecule has 0 bridgehead atoms. The number of hydrogen-bond donors (Lipinski definition) is 2. The van der Waals surface area contributed by atoms with E-state index in [1.807, 2.05) is 5.38 Å². The number of halogens is 1. The molecule has 0 saturated heterocycles. The van der Waals surface area contributed by atoms with Crippen molar-refractivity contribution in [3.8, 4) is 0 Å². The van der Waals surface area contributed by atoms with Crippen LogP contribution in [0.5, 0.6) is 0 Å². The first-order valence-electron chi connectivity index (χ1n) is 8.68. The first kappa shape index (κ1) is 20.2. The van der Waals surface area contributed by atoms with Crippen molar-refractivity contribution >= 4 is 50.6 Å². The maximum Gasteiger partial charge on any atom is 0.256 e. The molecule has 0 radical (unpaired) electrons. The molecule has 144 valence electrons. The van der Waals surface area contributed by atoms with Crippen molar-refractivity contribution in [3.63, 3.8) is 0 Å². The Hall–Kier alpha value is -2.58. The van der Waals surface area contributed by atoms with Crippen LogP contribution < -0.4 is 10.6 Å². The Balaban J connectivity index is 1.62. The lowest BCUT2D eigenvalue weighted by Gasteiger charge is -2.08. The number of nitrogens with one attached hydrogen (secondary N) is 2. The minimum atomic E-state index is -0.299. The van der Waals surface area contributed by atoms with Crippen LogP contribution in [0, 0.1) is 0 Å². The normalized spacial score (nSPS) is 10.7. The number of carbonyl (C=O) groups excluding carboxylic acids is 2. The smallest absolute Gasteiger partial charge is 0.256 e. The van der Waals surface area contributed by atoms with E-state index < -0.39 is 0 Å². The van der Waals surface area contributed by atoms with E-state index in [1.54, 1.807) is 53.9 Å². The molecule has 3 aromatic rings. The van der Waals surface area contributed by atoms with Gasteiger partial charge in [0, 0.05) is 33.2 Å². The maximum atomic E-state index is 12.4. The van der Waals surface area contributed by atoms with Crippen molar-refractivity contribution in [1.82, 2.24) is 9.97 Å². The quantitative estimate of drug-likeness (QED) is 0.552. The van der Waals surface area contributed by atoms with E-state index in [0.717, 1.165) is 15.2 Å². The fourth-order valence-electron chi connectivity index (χ4n) is 2.42. The van der Waals surface area contributed by atoms with E-state index in [9.17, 15) is 9.59 Å². The monoisotopic (exact) mass is 458 g/mol. The fourth-order valence-corrected chi connectivity index (χ4v) is 3.48. The number of nitrogens with zero attached hydrogens (tertiary/aromatic N) is 2. The first-order valence-corrected chi connectivity index (χ1v) is 10.3. The predicted molar refractivity (Wildman–Crippen MR) is 115 cm³/mol. The van der Waals surface area contributed by atoms with Crippen molar-refractivity contribution < 1.29 is 9.59 Å². The SMILES string of the molecule is CC(C)c1nc(CC(=O)Nc2cccc(C(=O)Nc3ccc(Br)cn3)c2)cs1. The lowest BCUT2D eigenvalue weighted by molar-refractivity contribution is -0.115. The average Bonchev–Trinajstić information content (AvgIpc) is 3.12. The lowest BCUT2D eigenvalue weighted by atomic mass is 10.2. The number of benzene rings is 1. The highest BCUT2D eigenvalue weighted by Crippen LogP contribution is 2.20. The Labute approximate surface area is 175 Å². The van der Waals surface area contributed by atoms with Crippen molar-refractivity contribution in [2.75, 3.05) is 10.6 Å². The van der Waals surface area contributed by atoms with Gasteiger partial charge in [-0.2, -0.15) is 0 Å². The summed E-state index contributed by atoms with van der Waals surface area (Å²) in [6, 6.07) is 10.3. The Morgan fingerprint density at radius 2 is 2.00 bits per heavy atom. The second kappa shape index (κ2) is 9.07. The van der Waals surface area contributed by atoms with Crippen LogP contribution in [-0.2, 0) is 11.2 Å². The number of hydrogen-bond acceptors (Lipinski definition) is 5. The second-order valence-electron chi connectivity index (χ2n) is 6.45. The van der Waals surface area contributed by atoms with E-state index in [2.05, 4.69) is 50.4 Å². The largest absolute Gasteiger partial charge is 0.326 e. The van der Waals surface area contributed by atoms with E-state index in [0.29, 0.717) is 23.0 Å². The molecule has 0 spiro atoms. The Morgan fingerprint density at radius 3 is 2.68 bits per heavy atom. The molecule has 0 unspecified atom stereocenters. The third kappa shape index (κ3) is 5.46. The summed E-state index contributed by atoms with van der Waals surface area (Å²) in [4.78, 5) is 33.3. The molecule has 0 aliphatic heterocycles. The highest BCUT2D eigenvalue weighted by molar-refractivity contribution is 9.10. The van der Waals surface area contributed by atoms with Gasteiger partial charge in [0.1, 0.15) is 5.82 Å². The number of thiazole rings is 1. The summed E-state index contributed by atoms with van der Waals surface area (Å²) in [5.41, 5.74) is 1.74.